The van der Waals surface area contributed by atoms with Crippen molar-refractivity contribution in [3.05, 3.63) is 65.5 Å². The van der Waals surface area contributed by atoms with Gasteiger partial charge in [-0.1, -0.05) is 0 Å². The van der Waals surface area contributed by atoms with Gasteiger partial charge in [-0.05, 0) is 28.5 Å². The average Bonchev–Trinajstić information content (AvgIpc) is 3.23. The number of hydrogen-bond acceptors (Lipinski definition) is 2. The molecular weight excluding hydrogens is 440 g/mol. The Balaban J connectivity index is 1.83. The number of aromatic nitrogens is 4. The van der Waals surface area contributed by atoms with Crippen LogP contribution in [0, 0.1) is 41.2 Å². The van der Waals surface area contributed by atoms with Crippen molar-refractivity contribution in [1.82, 2.24) is 19.1 Å². The third-order valence-corrected chi connectivity index (χ3v) is 6.11. The second-order valence-corrected chi connectivity index (χ2v) is 7.63. The molecule has 0 saturated carbocycles. The number of imidazole rings is 2. The van der Waals surface area contributed by atoms with Gasteiger partial charge in [0, 0.05) is 12.1 Å². The number of hydrogen-bond donors (Lipinski definition) is 0. The van der Waals surface area contributed by atoms with E-state index in [2.05, 4.69) is 9.97 Å². The van der Waals surface area contributed by atoms with Gasteiger partial charge in [-0.15, -0.1) is 0 Å². The Morgan fingerprint density at radius 3 is 1.47 bits per heavy atom. The van der Waals surface area contributed by atoms with Gasteiger partial charge in [0.2, 0.25) is 0 Å². The molecule has 0 bridgehead atoms. The molecule has 3 aromatic carbocycles. The number of halogens is 7. The predicted molar refractivity (Wildman–Crippen MR) is 100 cm³/mol. The number of fused-ring (bicyclic) bond motifs is 4. The van der Waals surface area contributed by atoms with Crippen LogP contribution in [0.2, 0.25) is 0 Å². The summed E-state index contributed by atoms with van der Waals surface area (Å²) < 4.78 is 105. The first kappa shape index (κ1) is 17.8. The van der Waals surface area contributed by atoms with Crippen LogP contribution in [0.1, 0.15) is 0 Å². The van der Waals surface area contributed by atoms with E-state index in [1.54, 1.807) is 0 Å². The van der Waals surface area contributed by atoms with E-state index in [0.717, 1.165) is 21.3 Å². The van der Waals surface area contributed by atoms with Gasteiger partial charge in [0.25, 0.3) is 18.9 Å². The molecular formula is C20H4BF7N4. The third-order valence-electron chi connectivity index (χ3n) is 6.11. The minimum Gasteiger partial charge on any atom is -0.270 e. The number of nitrogens with zero attached hydrogens (tertiary/aromatic N) is 4. The van der Waals surface area contributed by atoms with Crippen LogP contribution < -0.4 is 16.4 Å². The Labute approximate surface area is 172 Å². The highest BCUT2D eigenvalue weighted by Gasteiger charge is 2.46. The molecule has 0 N–H and O–H groups in total. The Bertz CT molecular complexity index is 1600. The summed E-state index contributed by atoms with van der Waals surface area (Å²) in [5.41, 5.74) is -2.75. The van der Waals surface area contributed by atoms with Gasteiger partial charge in [-0.2, -0.15) is 8.78 Å². The lowest BCUT2D eigenvalue weighted by Gasteiger charge is -2.32. The summed E-state index contributed by atoms with van der Waals surface area (Å²) in [7, 11) is 0. The van der Waals surface area contributed by atoms with Gasteiger partial charge < -0.3 is 0 Å². The van der Waals surface area contributed by atoms with E-state index in [4.69, 9.17) is 0 Å². The predicted octanol–water partition coefficient (Wildman–Crippen LogP) is 2.48. The molecule has 2 aliphatic rings. The van der Waals surface area contributed by atoms with E-state index >= 15 is 8.78 Å². The highest BCUT2D eigenvalue weighted by Crippen LogP contribution is 2.33. The zero-order valence-electron chi connectivity index (χ0n) is 15.3. The maximum Gasteiger partial charge on any atom is 0.294 e. The van der Waals surface area contributed by atoms with Gasteiger partial charge in [-0.25, -0.2) is 31.9 Å². The van der Waals surface area contributed by atoms with Crippen molar-refractivity contribution in [3.63, 3.8) is 0 Å². The van der Waals surface area contributed by atoms with Crippen LogP contribution in [-0.2, 0) is 0 Å². The van der Waals surface area contributed by atoms with Crippen molar-refractivity contribution in [1.29, 1.82) is 0 Å². The molecule has 5 aromatic rings. The van der Waals surface area contributed by atoms with Crippen molar-refractivity contribution >= 4 is 45.2 Å². The van der Waals surface area contributed by atoms with Crippen LogP contribution in [0.5, 0.6) is 0 Å². The highest BCUT2D eigenvalue weighted by molar-refractivity contribution is 7.00. The van der Waals surface area contributed by atoms with E-state index in [1.807, 2.05) is 0 Å². The van der Waals surface area contributed by atoms with Crippen LogP contribution in [-0.4, -0.2) is 25.8 Å². The third kappa shape index (κ3) is 1.79. The second-order valence-electron chi connectivity index (χ2n) is 7.63. The zero-order valence-corrected chi connectivity index (χ0v) is 15.3. The molecule has 0 atom stereocenters. The standard InChI is InChI=1S/C20H4BF7N4/c22-5-1-10-12-11(2-5)32-18-9(30-20(32)28)4-7(24)16(26)14(18)21(12)13-15(25)6(23)3-8-17(13)31(10)19(27)29-8/h1-4H. The first-order valence-electron chi connectivity index (χ1n) is 9.23. The van der Waals surface area contributed by atoms with Gasteiger partial charge in [0.1, 0.15) is 5.82 Å². The molecule has 2 aromatic heterocycles. The lowest BCUT2D eigenvalue weighted by atomic mass is 9.34. The number of rotatable bonds is 0. The molecule has 0 unspecified atom stereocenters. The molecule has 0 radical (unpaired) electrons. The maximum absolute atomic E-state index is 15.2. The Morgan fingerprint density at radius 1 is 0.594 bits per heavy atom. The molecule has 7 rings (SSSR count). The van der Waals surface area contributed by atoms with Crippen molar-refractivity contribution in [3.8, 4) is 11.4 Å². The fourth-order valence-corrected chi connectivity index (χ4v) is 5.02. The van der Waals surface area contributed by atoms with Crippen molar-refractivity contribution < 1.29 is 30.7 Å². The number of benzene rings is 3. The molecule has 4 heterocycles. The molecule has 32 heavy (non-hydrogen) atoms. The van der Waals surface area contributed by atoms with Crippen molar-refractivity contribution in [2.75, 3.05) is 0 Å². The first-order valence-corrected chi connectivity index (χ1v) is 9.23. The Kier molecular flexibility index (Phi) is 2.96. The van der Waals surface area contributed by atoms with Crippen molar-refractivity contribution in [2.24, 2.45) is 0 Å². The van der Waals surface area contributed by atoms with Crippen LogP contribution >= 0.6 is 0 Å². The lowest BCUT2D eigenvalue weighted by Crippen LogP contribution is -2.62. The summed E-state index contributed by atoms with van der Waals surface area (Å²) in [5, 5.41) is 0. The van der Waals surface area contributed by atoms with Crippen LogP contribution in [0.25, 0.3) is 33.4 Å². The first-order chi connectivity index (χ1) is 15.3. The lowest BCUT2D eigenvalue weighted by molar-refractivity contribution is 0.513. The minimum absolute atomic E-state index is 0.142. The molecule has 0 saturated heterocycles. The fourth-order valence-electron chi connectivity index (χ4n) is 5.02. The Morgan fingerprint density at radius 2 is 1.03 bits per heavy atom. The van der Waals surface area contributed by atoms with E-state index < -0.39 is 58.9 Å². The molecule has 0 aliphatic carbocycles. The summed E-state index contributed by atoms with van der Waals surface area (Å²) in [4.78, 5) is 7.17. The molecule has 0 spiro atoms. The van der Waals surface area contributed by atoms with Crippen LogP contribution in [0.4, 0.5) is 30.7 Å². The summed E-state index contributed by atoms with van der Waals surface area (Å²) >= 11 is 0. The second kappa shape index (κ2) is 5.32. The summed E-state index contributed by atoms with van der Waals surface area (Å²) in [6.45, 7) is -1.54. The normalized spacial score (nSPS) is 13.4. The molecule has 12 heteroatoms. The van der Waals surface area contributed by atoms with Gasteiger partial charge >= 0.3 is 0 Å². The maximum atomic E-state index is 15.2. The van der Waals surface area contributed by atoms with Gasteiger partial charge in [0.15, 0.2) is 23.3 Å². The monoisotopic (exact) mass is 444 g/mol. The average molecular weight is 444 g/mol. The topological polar surface area (TPSA) is 35.6 Å². The van der Waals surface area contributed by atoms with E-state index in [9.17, 15) is 22.0 Å². The Hall–Kier alpha value is -3.83. The highest BCUT2D eigenvalue weighted by atomic mass is 19.2. The summed E-state index contributed by atoms with van der Waals surface area (Å²) in [5.74, 6) is -6.55. The van der Waals surface area contributed by atoms with Crippen molar-refractivity contribution in [2.45, 2.75) is 0 Å². The molecule has 2 aliphatic heterocycles. The minimum atomic E-state index is -1.54. The van der Waals surface area contributed by atoms with Crippen LogP contribution in [0.3, 0.4) is 0 Å². The van der Waals surface area contributed by atoms with Crippen LogP contribution in [0.15, 0.2) is 24.3 Å². The van der Waals surface area contributed by atoms with Gasteiger partial charge in [0.05, 0.1) is 33.4 Å². The largest absolute Gasteiger partial charge is 0.294 e. The smallest absolute Gasteiger partial charge is 0.270 e. The van der Waals surface area contributed by atoms with E-state index in [0.29, 0.717) is 12.1 Å². The van der Waals surface area contributed by atoms with Gasteiger partial charge in [-0.3, -0.25) is 9.13 Å². The summed E-state index contributed by atoms with van der Waals surface area (Å²) in [6, 6.07) is 3.08. The van der Waals surface area contributed by atoms with E-state index in [1.165, 1.54) is 0 Å². The summed E-state index contributed by atoms with van der Waals surface area (Å²) in [6.07, 6.45) is -2.42. The SMILES string of the molecule is Fc1cc2c3c(c1)-n1c(F)nc4cc(F)c(F)c(c41)B3c1c(F)c(F)cc3nc(F)n-2c13. The fraction of sp³-hybridized carbons (Fsp3) is 0. The molecule has 0 fully saturated rings. The molecule has 4 nitrogen and oxygen atoms in total. The van der Waals surface area contributed by atoms with E-state index in [-0.39, 0.29) is 38.9 Å². The molecule has 156 valence electrons. The quantitative estimate of drug-likeness (QED) is 0.266. The molecule has 0 amide bonds. The zero-order chi connectivity index (χ0) is 22.2.